The molecular weight excluding hydrogens is 474 g/mol. The molecule has 0 aliphatic rings. The summed E-state index contributed by atoms with van der Waals surface area (Å²) in [4.78, 5) is 37.5. The van der Waals surface area contributed by atoms with Gasteiger partial charge in [0.15, 0.2) is 10.5 Å². The Morgan fingerprint density at radius 3 is 2.16 bits per heavy atom. The average molecular weight is 500 g/mol. The first-order valence-corrected chi connectivity index (χ1v) is 12.2. The number of benzene rings is 2. The molecule has 0 aliphatic heterocycles. The quantitative estimate of drug-likeness (QED) is 0.415. The highest BCUT2D eigenvalue weighted by atomic mass is 79.9. The predicted octanol–water partition coefficient (Wildman–Crippen LogP) is 5.42. The maximum atomic E-state index is 13.1. The fraction of sp³-hybridized carbons (Fsp3) is 0.333. The number of hydrogen-bond acceptors (Lipinski definition) is 6. The van der Waals surface area contributed by atoms with E-state index >= 15 is 0 Å². The van der Waals surface area contributed by atoms with Gasteiger partial charge in [0, 0.05) is 22.9 Å². The van der Waals surface area contributed by atoms with E-state index in [1.165, 1.54) is 0 Å². The van der Waals surface area contributed by atoms with Crippen LogP contribution in [0.2, 0.25) is 0 Å². The molecule has 2 aromatic carbocycles. The van der Waals surface area contributed by atoms with E-state index < -0.39 is 5.56 Å². The Labute approximate surface area is 194 Å². The van der Waals surface area contributed by atoms with Gasteiger partial charge in [-0.1, -0.05) is 66.1 Å². The van der Waals surface area contributed by atoms with Gasteiger partial charge in [0.2, 0.25) is 4.74 Å². The van der Waals surface area contributed by atoms with Gasteiger partial charge in [0.25, 0.3) is 5.56 Å². The van der Waals surface area contributed by atoms with Crippen molar-refractivity contribution in [1.82, 2.24) is 4.98 Å². The van der Waals surface area contributed by atoms with Crippen LogP contribution in [0.1, 0.15) is 39.5 Å². The van der Waals surface area contributed by atoms with Crippen molar-refractivity contribution in [3.05, 3.63) is 77.6 Å². The summed E-state index contributed by atoms with van der Waals surface area (Å²) in [5, 5.41) is 0.712. The highest BCUT2D eigenvalue weighted by molar-refractivity contribution is 9.10. The van der Waals surface area contributed by atoms with Gasteiger partial charge in [0.05, 0.1) is 11.1 Å². The SMILES string of the molecule is CCCCN(CCCC)c1nc(=O)c2ccccc2c(=O)sc1=Nc1ccc(Br)cc1. The number of rotatable bonds is 8. The van der Waals surface area contributed by atoms with E-state index in [1.54, 1.807) is 24.3 Å². The lowest BCUT2D eigenvalue weighted by atomic mass is 10.2. The van der Waals surface area contributed by atoms with Crippen molar-refractivity contribution in [2.24, 2.45) is 4.99 Å². The number of hydrogen-bond donors (Lipinski definition) is 0. The second-order valence-electron chi connectivity index (χ2n) is 7.26. The Morgan fingerprint density at radius 1 is 0.935 bits per heavy atom. The fourth-order valence-electron chi connectivity index (χ4n) is 3.17. The molecule has 0 atom stereocenters. The number of nitrogens with zero attached hydrogens (tertiary/aromatic N) is 3. The molecule has 0 N–H and O–H groups in total. The van der Waals surface area contributed by atoms with Gasteiger partial charge in [-0.15, -0.1) is 0 Å². The van der Waals surface area contributed by atoms with Crippen molar-refractivity contribution in [3.8, 4) is 0 Å². The third kappa shape index (κ3) is 6.08. The zero-order valence-corrected chi connectivity index (χ0v) is 20.2. The molecule has 0 saturated heterocycles. The summed E-state index contributed by atoms with van der Waals surface area (Å²) in [5.41, 5.74) is 0.305. The molecule has 5 nitrogen and oxygen atoms in total. The minimum atomic E-state index is -0.402. The Bertz CT molecular complexity index is 1220. The van der Waals surface area contributed by atoms with Crippen molar-refractivity contribution in [2.45, 2.75) is 39.5 Å². The topological polar surface area (TPSA) is 62.6 Å². The Balaban J connectivity index is 2.36. The van der Waals surface area contributed by atoms with Crippen molar-refractivity contribution in [2.75, 3.05) is 18.0 Å². The summed E-state index contributed by atoms with van der Waals surface area (Å²) in [7, 11) is 0. The molecule has 1 heterocycles. The summed E-state index contributed by atoms with van der Waals surface area (Å²) < 4.78 is 1.21. The van der Waals surface area contributed by atoms with E-state index in [-0.39, 0.29) is 4.74 Å². The van der Waals surface area contributed by atoms with Crippen LogP contribution in [0.15, 0.2) is 67.6 Å². The van der Waals surface area contributed by atoms with Crippen LogP contribution in [-0.2, 0) is 0 Å². The molecule has 0 saturated carbocycles. The maximum Gasteiger partial charge on any atom is 0.279 e. The van der Waals surface area contributed by atoms with Gasteiger partial charge in [-0.25, -0.2) is 4.99 Å². The molecule has 0 bridgehead atoms. The van der Waals surface area contributed by atoms with E-state index in [1.807, 2.05) is 24.3 Å². The molecule has 0 spiro atoms. The lowest BCUT2D eigenvalue weighted by Gasteiger charge is -2.22. The minimum absolute atomic E-state index is 0.196. The summed E-state index contributed by atoms with van der Waals surface area (Å²) in [6.45, 7) is 5.79. The molecule has 0 radical (unpaired) electrons. The van der Waals surface area contributed by atoms with Crippen LogP contribution in [0, 0.1) is 0 Å². The first-order valence-electron chi connectivity index (χ1n) is 10.6. The zero-order chi connectivity index (χ0) is 22.2. The van der Waals surface area contributed by atoms with Gasteiger partial charge >= 0.3 is 0 Å². The minimum Gasteiger partial charge on any atom is -0.354 e. The maximum absolute atomic E-state index is 13.1. The molecular formula is C24H26BrN3O2S. The molecule has 3 aromatic rings. The normalized spacial score (nSPS) is 11.6. The van der Waals surface area contributed by atoms with Gasteiger partial charge in [0.1, 0.15) is 0 Å². The number of unbranched alkanes of at least 4 members (excludes halogenated alkanes) is 2. The van der Waals surface area contributed by atoms with E-state index in [0.717, 1.165) is 54.6 Å². The van der Waals surface area contributed by atoms with Crippen molar-refractivity contribution in [1.29, 1.82) is 0 Å². The van der Waals surface area contributed by atoms with Crippen LogP contribution >= 0.6 is 27.3 Å². The van der Waals surface area contributed by atoms with Crippen LogP contribution in [0.5, 0.6) is 0 Å². The zero-order valence-electron chi connectivity index (χ0n) is 17.8. The van der Waals surface area contributed by atoms with Crippen LogP contribution in [-0.4, -0.2) is 18.1 Å². The molecule has 0 fully saturated rings. The van der Waals surface area contributed by atoms with Crippen molar-refractivity contribution in [3.63, 3.8) is 0 Å². The van der Waals surface area contributed by atoms with Gasteiger partial charge in [-0.05, 0) is 49.2 Å². The third-order valence-corrected chi connectivity index (χ3v) is 6.29. The number of aromatic nitrogens is 1. The summed E-state index contributed by atoms with van der Waals surface area (Å²) in [6, 6.07) is 14.4. The molecule has 1 aromatic heterocycles. The van der Waals surface area contributed by atoms with Gasteiger partial charge < -0.3 is 4.90 Å². The van der Waals surface area contributed by atoms with E-state index in [4.69, 9.17) is 4.99 Å². The lowest BCUT2D eigenvalue weighted by Crippen LogP contribution is -2.32. The molecule has 31 heavy (non-hydrogen) atoms. The number of anilines is 1. The van der Waals surface area contributed by atoms with Crippen molar-refractivity contribution >= 4 is 49.5 Å². The van der Waals surface area contributed by atoms with Gasteiger partial charge in [-0.2, -0.15) is 4.98 Å². The van der Waals surface area contributed by atoms with Gasteiger partial charge in [-0.3, -0.25) is 9.59 Å². The summed E-state index contributed by atoms with van der Waals surface area (Å²) in [5.74, 6) is 0.489. The summed E-state index contributed by atoms with van der Waals surface area (Å²) in [6.07, 6.45) is 3.99. The lowest BCUT2D eigenvalue weighted by molar-refractivity contribution is 0.669. The highest BCUT2D eigenvalue weighted by Gasteiger charge is 2.13. The standard InChI is InChI=1S/C24H26BrN3O2S/c1-3-5-15-28(16-6-4-2)21-23(26-18-13-11-17(25)12-14-18)31-24(30)20-10-8-7-9-19(20)22(29)27-21/h7-14H,3-6,15-16H2,1-2H3. The van der Waals surface area contributed by atoms with Crippen LogP contribution < -0.4 is 19.9 Å². The van der Waals surface area contributed by atoms with E-state index in [0.29, 0.717) is 26.9 Å². The molecule has 0 unspecified atom stereocenters. The average Bonchev–Trinajstić information content (AvgIpc) is 2.78. The molecule has 162 valence electrons. The summed E-state index contributed by atoms with van der Waals surface area (Å²) >= 11 is 4.48. The molecule has 7 heteroatoms. The Kier molecular flexibility index (Phi) is 8.49. The second-order valence-corrected chi connectivity index (χ2v) is 9.14. The Morgan fingerprint density at radius 2 is 1.55 bits per heavy atom. The van der Waals surface area contributed by atoms with E-state index in [9.17, 15) is 9.59 Å². The molecule has 3 rings (SSSR count). The van der Waals surface area contributed by atoms with Crippen LogP contribution in [0.25, 0.3) is 10.8 Å². The van der Waals surface area contributed by atoms with Crippen LogP contribution in [0.4, 0.5) is 11.5 Å². The smallest absolute Gasteiger partial charge is 0.279 e. The number of halogens is 1. The highest BCUT2D eigenvalue weighted by Crippen LogP contribution is 2.17. The van der Waals surface area contributed by atoms with Crippen molar-refractivity contribution < 1.29 is 0 Å². The largest absolute Gasteiger partial charge is 0.354 e. The first kappa shape index (κ1) is 23.3. The molecule has 0 aliphatic carbocycles. The third-order valence-electron chi connectivity index (χ3n) is 4.89. The molecule has 0 amide bonds. The monoisotopic (exact) mass is 499 g/mol. The second kappa shape index (κ2) is 11.3. The Hall–Kier alpha value is -2.38. The van der Waals surface area contributed by atoms with E-state index in [2.05, 4.69) is 39.7 Å². The predicted molar refractivity (Wildman–Crippen MR) is 134 cm³/mol. The first-order chi connectivity index (χ1) is 15.0. The van der Waals surface area contributed by atoms with Crippen LogP contribution in [0.3, 0.4) is 0 Å². The fourth-order valence-corrected chi connectivity index (χ4v) is 4.32. The number of fused-ring (bicyclic) bond motifs is 1.